The number of nitrogens with one attached hydrogen (secondary N) is 3. The summed E-state index contributed by atoms with van der Waals surface area (Å²) in [6, 6.07) is -1.25. The minimum absolute atomic E-state index is 0.00207. The lowest BCUT2D eigenvalue weighted by molar-refractivity contribution is -0.158. The van der Waals surface area contributed by atoms with Gasteiger partial charge >= 0.3 is 5.97 Å². The largest absolute Gasteiger partial charge is 0.477 e. The van der Waals surface area contributed by atoms with Crippen LogP contribution in [0.25, 0.3) is 0 Å². The van der Waals surface area contributed by atoms with Crippen molar-refractivity contribution >= 4 is 41.4 Å². The number of tetrazole rings is 1. The van der Waals surface area contributed by atoms with Gasteiger partial charge < -0.3 is 36.6 Å². The maximum absolute atomic E-state index is 13.3. The minimum Gasteiger partial charge on any atom is -0.477 e. The van der Waals surface area contributed by atoms with Crippen molar-refractivity contribution in [1.82, 2.24) is 46.0 Å². The molecule has 43 heavy (non-hydrogen) atoms. The summed E-state index contributed by atoms with van der Waals surface area (Å²) in [5.74, 6) is -2.61. The van der Waals surface area contributed by atoms with Crippen molar-refractivity contribution in [3.63, 3.8) is 0 Å². The molecule has 0 bridgehead atoms. The van der Waals surface area contributed by atoms with Crippen molar-refractivity contribution in [2.24, 2.45) is 23.5 Å². The van der Waals surface area contributed by atoms with Crippen molar-refractivity contribution in [3.05, 3.63) is 16.9 Å². The van der Waals surface area contributed by atoms with Gasteiger partial charge in [-0.2, -0.15) is 0 Å². The summed E-state index contributed by atoms with van der Waals surface area (Å²) < 4.78 is 1.27. The highest BCUT2D eigenvalue weighted by Gasteiger charge is 2.60. The molecule has 3 saturated heterocycles. The second-order valence-corrected chi connectivity index (χ2v) is 13.0. The highest BCUT2D eigenvalue weighted by Crippen LogP contribution is 2.51. The van der Waals surface area contributed by atoms with E-state index < -0.39 is 23.8 Å². The number of carbonyl (C=O) groups excluding carboxylic acids is 4. The lowest BCUT2D eigenvalue weighted by Gasteiger charge is -2.47. The standard InChI is InChI=1S/C26H38N10O6S/c1-13-21-20(14(2)31-19(38)11-35-12-30-32-33-35)25(40)36(21)22(26(41)42)23(13)43-16-7-17(29-9-16)24(39)34-5-3-15(4-6-34)8-28-10-18(27)37/h12-17,20-21,28-29H,3-11H2,1-2H3,(H2,27,37)(H,31,38)(H,41,42)/t13-,14-,16+,17+,20-,21?/m1/s1. The Hall–Kier alpha value is -3.57. The van der Waals surface area contributed by atoms with E-state index in [4.69, 9.17) is 5.73 Å². The maximum Gasteiger partial charge on any atom is 0.353 e. The van der Waals surface area contributed by atoms with Gasteiger partial charge in [0, 0.05) is 41.7 Å². The van der Waals surface area contributed by atoms with Crippen LogP contribution in [0.2, 0.25) is 0 Å². The highest BCUT2D eigenvalue weighted by atomic mass is 32.2. The Labute approximate surface area is 252 Å². The van der Waals surface area contributed by atoms with Crippen molar-refractivity contribution in [3.8, 4) is 0 Å². The predicted molar refractivity (Wildman–Crippen MR) is 153 cm³/mol. The zero-order chi connectivity index (χ0) is 30.8. The Balaban J connectivity index is 1.15. The van der Waals surface area contributed by atoms with Gasteiger partial charge in [0.05, 0.1) is 24.5 Å². The van der Waals surface area contributed by atoms with Crippen molar-refractivity contribution in [2.45, 2.75) is 63.0 Å². The van der Waals surface area contributed by atoms with Gasteiger partial charge in [-0.05, 0) is 49.1 Å². The quantitative estimate of drug-likeness (QED) is 0.157. The molecule has 0 aromatic carbocycles. The molecule has 1 unspecified atom stereocenters. The van der Waals surface area contributed by atoms with Crippen molar-refractivity contribution in [2.75, 3.05) is 32.7 Å². The number of carboxylic acids is 1. The fourth-order valence-electron chi connectivity index (χ4n) is 6.62. The number of rotatable bonds is 12. The summed E-state index contributed by atoms with van der Waals surface area (Å²) in [4.78, 5) is 66.1. The Bertz CT molecular complexity index is 1280. The number of aromatic nitrogens is 4. The molecule has 4 amide bonds. The van der Waals surface area contributed by atoms with Crippen LogP contribution in [-0.2, 0) is 30.5 Å². The topological polar surface area (TPSA) is 218 Å². The summed E-state index contributed by atoms with van der Waals surface area (Å²) in [6.07, 6.45) is 3.56. The van der Waals surface area contributed by atoms with E-state index in [0.717, 1.165) is 12.8 Å². The van der Waals surface area contributed by atoms with Gasteiger partial charge in [-0.25, -0.2) is 9.48 Å². The van der Waals surface area contributed by atoms with E-state index in [0.29, 0.717) is 43.4 Å². The van der Waals surface area contributed by atoms with Crippen molar-refractivity contribution < 1.29 is 29.1 Å². The van der Waals surface area contributed by atoms with E-state index in [1.165, 1.54) is 27.7 Å². The zero-order valence-corrected chi connectivity index (χ0v) is 25.0. The molecular weight excluding hydrogens is 580 g/mol. The molecule has 0 aliphatic carbocycles. The van der Waals surface area contributed by atoms with Crippen LogP contribution in [0.5, 0.6) is 0 Å². The number of hydrogen-bond donors (Lipinski definition) is 5. The van der Waals surface area contributed by atoms with Crippen LogP contribution in [0.3, 0.4) is 0 Å². The molecule has 6 N–H and O–H groups in total. The summed E-state index contributed by atoms with van der Waals surface area (Å²) >= 11 is 1.43. The molecule has 1 aromatic rings. The first-order chi connectivity index (χ1) is 20.5. The smallest absolute Gasteiger partial charge is 0.353 e. The Morgan fingerprint density at radius 1 is 1.26 bits per heavy atom. The van der Waals surface area contributed by atoms with Gasteiger partial charge in [-0.15, -0.1) is 16.9 Å². The maximum atomic E-state index is 13.3. The molecule has 0 radical (unpaired) electrons. The second kappa shape index (κ2) is 13.0. The fourth-order valence-corrected chi connectivity index (χ4v) is 8.10. The number of hydrogen-bond acceptors (Lipinski definition) is 11. The molecule has 4 aliphatic heterocycles. The number of piperidine rings is 1. The van der Waals surface area contributed by atoms with Gasteiger partial charge in [0.15, 0.2) is 0 Å². The Morgan fingerprint density at radius 3 is 2.65 bits per heavy atom. The number of primary amides is 1. The first kappa shape index (κ1) is 30.9. The SMILES string of the molecule is C[C@H]1C(S[C@@H]2CN[C@H](C(=O)N3CCC(CNCC(N)=O)CC3)C2)=C(C(=O)O)N2C(=O)[C@H]([C@@H](C)NC(=O)Cn3cnnn3)C12. The number of carboxylic acid groups (broad SMARTS) is 1. The summed E-state index contributed by atoms with van der Waals surface area (Å²) in [5.41, 5.74) is 5.17. The molecule has 5 rings (SSSR count). The Kier molecular flexibility index (Phi) is 9.31. The lowest BCUT2D eigenvalue weighted by atomic mass is 9.78. The average Bonchev–Trinajstić information content (AvgIpc) is 3.69. The van der Waals surface area contributed by atoms with Gasteiger partial charge in [0.25, 0.3) is 0 Å². The van der Waals surface area contributed by atoms with Gasteiger partial charge in [0.1, 0.15) is 18.6 Å². The number of β-lactam (4-membered cyclic amide) rings is 1. The molecule has 17 heteroatoms. The van der Waals surface area contributed by atoms with Crippen molar-refractivity contribution in [1.29, 1.82) is 0 Å². The molecule has 5 heterocycles. The molecule has 1 aromatic heterocycles. The number of nitrogens with zero attached hydrogens (tertiary/aromatic N) is 6. The summed E-state index contributed by atoms with van der Waals surface area (Å²) in [5, 5.41) is 29.9. The molecule has 234 valence electrons. The van der Waals surface area contributed by atoms with Gasteiger partial charge in [0.2, 0.25) is 23.6 Å². The van der Waals surface area contributed by atoms with E-state index in [-0.39, 0.29) is 59.8 Å². The van der Waals surface area contributed by atoms with Gasteiger partial charge in [-0.1, -0.05) is 6.92 Å². The number of amides is 4. The first-order valence-corrected chi connectivity index (χ1v) is 15.4. The Morgan fingerprint density at radius 2 is 2.00 bits per heavy atom. The van der Waals surface area contributed by atoms with Crippen LogP contribution in [0, 0.1) is 17.8 Å². The van der Waals surface area contributed by atoms with Crippen LogP contribution < -0.4 is 21.7 Å². The van der Waals surface area contributed by atoms with E-state index >= 15 is 0 Å². The third-order valence-electron chi connectivity index (χ3n) is 8.76. The summed E-state index contributed by atoms with van der Waals surface area (Å²) in [7, 11) is 0. The third-order valence-corrected chi connectivity index (χ3v) is 10.3. The molecule has 16 nitrogen and oxygen atoms in total. The molecular formula is C26H38N10O6S. The second-order valence-electron chi connectivity index (χ2n) is 11.7. The van der Waals surface area contributed by atoms with E-state index in [2.05, 4.69) is 31.5 Å². The number of aliphatic carboxylic acids is 1. The fraction of sp³-hybridized carbons (Fsp3) is 0.692. The summed E-state index contributed by atoms with van der Waals surface area (Å²) in [6.45, 7) is 6.24. The minimum atomic E-state index is -1.16. The predicted octanol–water partition coefficient (Wildman–Crippen LogP) is -2.27. The number of thioether (sulfide) groups is 1. The molecule has 3 fully saturated rings. The van der Waals surface area contributed by atoms with Crippen LogP contribution in [0.15, 0.2) is 16.9 Å². The normalized spacial score (nSPS) is 28.0. The van der Waals surface area contributed by atoms with Crippen LogP contribution in [-0.4, -0.2) is 121 Å². The van der Waals surface area contributed by atoms with Crippen LogP contribution in [0.4, 0.5) is 0 Å². The number of likely N-dealkylation sites (tertiary alicyclic amines) is 1. The van der Waals surface area contributed by atoms with Gasteiger partial charge in [-0.3, -0.25) is 19.2 Å². The first-order valence-electron chi connectivity index (χ1n) is 14.5. The zero-order valence-electron chi connectivity index (χ0n) is 24.1. The van der Waals surface area contributed by atoms with E-state index in [1.807, 2.05) is 11.8 Å². The average molecular weight is 619 g/mol. The number of fused-ring (bicyclic) bond motifs is 1. The molecule has 0 spiro atoms. The molecule has 6 atom stereocenters. The monoisotopic (exact) mass is 618 g/mol. The van der Waals surface area contributed by atoms with E-state index in [9.17, 15) is 29.1 Å². The molecule has 4 aliphatic rings. The number of carbonyl (C=O) groups is 5. The van der Waals surface area contributed by atoms with Crippen LogP contribution in [0.1, 0.15) is 33.1 Å². The third kappa shape index (κ3) is 6.52. The lowest BCUT2D eigenvalue weighted by Crippen LogP contribution is -2.66. The number of nitrogens with two attached hydrogens (primary N) is 1. The highest BCUT2D eigenvalue weighted by molar-refractivity contribution is 8.03. The van der Waals surface area contributed by atoms with Crippen LogP contribution >= 0.6 is 11.8 Å². The van der Waals surface area contributed by atoms with E-state index in [1.54, 1.807) is 6.92 Å². The molecule has 0 saturated carbocycles.